The first-order chi connectivity index (χ1) is 8.22. The van der Waals surface area contributed by atoms with E-state index >= 15 is 0 Å². The van der Waals surface area contributed by atoms with Crippen LogP contribution in [0.25, 0.3) is 0 Å². The van der Waals surface area contributed by atoms with Crippen LogP contribution in [0.5, 0.6) is 0 Å². The van der Waals surface area contributed by atoms with E-state index in [2.05, 4.69) is 11.8 Å². The molecule has 0 bridgehead atoms. The minimum Gasteiger partial charge on any atom is -0.392 e. The van der Waals surface area contributed by atoms with Crippen molar-refractivity contribution >= 4 is 17.3 Å². The molecule has 1 N–H and O–H groups in total. The Morgan fingerprint density at radius 2 is 2.18 bits per heavy atom. The molecule has 2 nitrogen and oxygen atoms in total. The van der Waals surface area contributed by atoms with Crippen LogP contribution in [0.1, 0.15) is 31.7 Å². The largest absolute Gasteiger partial charge is 0.392 e. The van der Waals surface area contributed by atoms with Gasteiger partial charge in [0.1, 0.15) is 0 Å². The van der Waals surface area contributed by atoms with E-state index < -0.39 is 0 Å². The Kier molecular flexibility index (Phi) is 4.30. The van der Waals surface area contributed by atoms with Gasteiger partial charge in [0.05, 0.1) is 17.3 Å². The first kappa shape index (κ1) is 12.7. The highest BCUT2D eigenvalue weighted by molar-refractivity contribution is 6.33. The van der Waals surface area contributed by atoms with Crippen LogP contribution < -0.4 is 4.90 Å². The summed E-state index contributed by atoms with van der Waals surface area (Å²) in [6, 6.07) is 5.76. The number of hydrogen-bond acceptors (Lipinski definition) is 2. The molecule has 1 aromatic carbocycles. The van der Waals surface area contributed by atoms with Gasteiger partial charge in [0.25, 0.3) is 0 Å². The summed E-state index contributed by atoms with van der Waals surface area (Å²) >= 11 is 6.28. The summed E-state index contributed by atoms with van der Waals surface area (Å²) in [4.78, 5) is 2.33. The van der Waals surface area contributed by atoms with Gasteiger partial charge >= 0.3 is 0 Å². The van der Waals surface area contributed by atoms with E-state index in [1.165, 1.54) is 19.3 Å². The van der Waals surface area contributed by atoms with Crippen LogP contribution in [-0.2, 0) is 6.61 Å². The predicted molar refractivity (Wildman–Crippen MR) is 72.6 cm³/mol. The number of hydrogen-bond donors (Lipinski definition) is 1. The molecule has 1 aromatic rings. The second kappa shape index (κ2) is 5.74. The Labute approximate surface area is 108 Å². The zero-order valence-electron chi connectivity index (χ0n) is 10.3. The highest BCUT2D eigenvalue weighted by Gasteiger charge is 2.18. The molecule has 1 heterocycles. The van der Waals surface area contributed by atoms with Gasteiger partial charge in [-0.2, -0.15) is 0 Å². The summed E-state index contributed by atoms with van der Waals surface area (Å²) in [5.41, 5.74) is 1.97. The van der Waals surface area contributed by atoms with Gasteiger partial charge in [-0.1, -0.05) is 30.7 Å². The van der Waals surface area contributed by atoms with Crippen molar-refractivity contribution in [2.24, 2.45) is 5.92 Å². The van der Waals surface area contributed by atoms with Gasteiger partial charge in [0, 0.05) is 18.7 Å². The van der Waals surface area contributed by atoms with Crippen molar-refractivity contribution in [2.75, 3.05) is 18.0 Å². The average molecular weight is 254 g/mol. The van der Waals surface area contributed by atoms with Gasteiger partial charge in [-0.25, -0.2) is 0 Å². The quantitative estimate of drug-likeness (QED) is 0.873. The molecule has 1 unspecified atom stereocenters. The fourth-order valence-electron chi connectivity index (χ4n) is 2.53. The van der Waals surface area contributed by atoms with Crippen molar-refractivity contribution in [2.45, 2.75) is 32.8 Å². The third-order valence-corrected chi connectivity index (χ3v) is 3.88. The zero-order valence-corrected chi connectivity index (χ0v) is 11.1. The molecule has 1 atom stereocenters. The lowest BCUT2D eigenvalue weighted by molar-refractivity contribution is 0.282. The molecular formula is C14H20ClNO. The van der Waals surface area contributed by atoms with E-state index in [1.807, 2.05) is 18.2 Å². The fraction of sp³-hybridized carbons (Fsp3) is 0.571. The van der Waals surface area contributed by atoms with Crippen LogP contribution in [0.15, 0.2) is 18.2 Å². The number of nitrogens with zero attached hydrogens (tertiary/aromatic N) is 1. The van der Waals surface area contributed by atoms with Crippen molar-refractivity contribution in [1.29, 1.82) is 0 Å². The van der Waals surface area contributed by atoms with Crippen LogP contribution in [0.2, 0.25) is 5.02 Å². The van der Waals surface area contributed by atoms with Crippen molar-refractivity contribution in [3.63, 3.8) is 0 Å². The Bertz CT molecular complexity index is 380. The highest BCUT2D eigenvalue weighted by Crippen LogP contribution is 2.32. The number of aliphatic hydroxyl groups is 1. The van der Waals surface area contributed by atoms with Crippen molar-refractivity contribution in [1.82, 2.24) is 0 Å². The number of rotatable bonds is 2. The van der Waals surface area contributed by atoms with E-state index in [0.717, 1.165) is 35.3 Å². The third-order valence-electron chi connectivity index (χ3n) is 3.57. The van der Waals surface area contributed by atoms with Crippen molar-refractivity contribution in [3.05, 3.63) is 28.8 Å². The Morgan fingerprint density at radius 3 is 2.94 bits per heavy atom. The third kappa shape index (κ3) is 2.93. The predicted octanol–water partition coefficient (Wildman–Crippen LogP) is 3.46. The number of aliphatic hydroxyl groups excluding tert-OH is 1. The van der Waals surface area contributed by atoms with Gasteiger partial charge in [0.2, 0.25) is 0 Å². The minimum atomic E-state index is 0.0575. The monoisotopic (exact) mass is 253 g/mol. The van der Waals surface area contributed by atoms with Gasteiger partial charge in [0.15, 0.2) is 0 Å². The summed E-state index contributed by atoms with van der Waals surface area (Å²) in [6.45, 7) is 4.45. The van der Waals surface area contributed by atoms with E-state index in [1.54, 1.807) is 0 Å². The second-order valence-electron chi connectivity index (χ2n) is 4.93. The SMILES string of the molecule is CC1CCCN(c2c(Cl)cccc2CO)CC1. The summed E-state index contributed by atoms with van der Waals surface area (Å²) in [5, 5.41) is 10.2. The number of halogens is 1. The highest BCUT2D eigenvalue weighted by atomic mass is 35.5. The fourth-order valence-corrected chi connectivity index (χ4v) is 2.84. The molecule has 0 spiro atoms. The van der Waals surface area contributed by atoms with Gasteiger partial charge in [-0.15, -0.1) is 0 Å². The standard InChI is InChI=1S/C14H20ClNO/c1-11-4-3-8-16(9-7-11)14-12(10-17)5-2-6-13(14)15/h2,5-6,11,17H,3-4,7-10H2,1H3. The maximum Gasteiger partial charge on any atom is 0.0702 e. The Morgan fingerprint density at radius 1 is 1.35 bits per heavy atom. The van der Waals surface area contributed by atoms with Gasteiger partial charge in [-0.05, 0) is 31.2 Å². The van der Waals surface area contributed by atoms with Crippen LogP contribution >= 0.6 is 11.6 Å². The number of benzene rings is 1. The Hall–Kier alpha value is -0.730. The minimum absolute atomic E-state index is 0.0575. The topological polar surface area (TPSA) is 23.5 Å². The van der Waals surface area contributed by atoms with Crippen molar-refractivity contribution < 1.29 is 5.11 Å². The van der Waals surface area contributed by atoms with E-state index in [9.17, 15) is 5.11 Å². The molecule has 0 aliphatic carbocycles. The first-order valence-corrected chi connectivity index (χ1v) is 6.73. The zero-order chi connectivity index (χ0) is 12.3. The molecule has 1 saturated heterocycles. The number of anilines is 1. The van der Waals surface area contributed by atoms with E-state index in [4.69, 9.17) is 11.6 Å². The lowest BCUT2D eigenvalue weighted by atomic mass is 10.0. The maximum absolute atomic E-state index is 9.41. The smallest absolute Gasteiger partial charge is 0.0702 e. The molecular weight excluding hydrogens is 234 g/mol. The summed E-state index contributed by atoms with van der Waals surface area (Å²) in [6.07, 6.45) is 3.70. The molecule has 3 heteroatoms. The van der Waals surface area contributed by atoms with Crippen molar-refractivity contribution in [3.8, 4) is 0 Å². The van der Waals surface area contributed by atoms with E-state index in [-0.39, 0.29) is 6.61 Å². The lowest BCUT2D eigenvalue weighted by Gasteiger charge is -2.26. The van der Waals surface area contributed by atoms with Gasteiger partial charge < -0.3 is 10.0 Å². The van der Waals surface area contributed by atoms with E-state index in [0.29, 0.717) is 0 Å². The molecule has 2 rings (SSSR count). The molecule has 1 fully saturated rings. The summed E-state index contributed by atoms with van der Waals surface area (Å²) < 4.78 is 0. The molecule has 1 aliphatic heterocycles. The summed E-state index contributed by atoms with van der Waals surface area (Å²) in [5.74, 6) is 0.792. The molecule has 0 saturated carbocycles. The van der Waals surface area contributed by atoms with Gasteiger partial charge in [-0.3, -0.25) is 0 Å². The average Bonchev–Trinajstić information content (AvgIpc) is 2.54. The van der Waals surface area contributed by atoms with Crippen LogP contribution in [-0.4, -0.2) is 18.2 Å². The second-order valence-corrected chi connectivity index (χ2v) is 5.34. The molecule has 1 aliphatic rings. The molecule has 94 valence electrons. The summed E-state index contributed by atoms with van der Waals surface area (Å²) in [7, 11) is 0. The molecule has 0 amide bonds. The molecule has 0 aromatic heterocycles. The van der Waals surface area contributed by atoms with Crippen LogP contribution in [0, 0.1) is 5.92 Å². The van der Waals surface area contributed by atoms with Crippen LogP contribution in [0.4, 0.5) is 5.69 Å². The maximum atomic E-state index is 9.41. The molecule has 17 heavy (non-hydrogen) atoms. The molecule has 0 radical (unpaired) electrons. The Balaban J connectivity index is 2.26. The lowest BCUT2D eigenvalue weighted by Crippen LogP contribution is -2.25. The normalized spacial score (nSPS) is 21.4. The van der Waals surface area contributed by atoms with Crippen LogP contribution in [0.3, 0.4) is 0 Å². The first-order valence-electron chi connectivity index (χ1n) is 6.35. The number of para-hydroxylation sites is 1.